The number of carbonyl (C=O) groups excluding carboxylic acids is 2. The highest BCUT2D eigenvalue weighted by molar-refractivity contribution is 5.92. The van der Waals surface area contributed by atoms with Crippen LogP contribution in [0.25, 0.3) is 10.9 Å². The van der Waals surface area contributed by atoms with Gasteiger partial charge in [-0.25, -0.2) is 9.59 Å². The van der Waals surface area contributed by atoms with Gasteiger partial charge < -0.3 is 15.5 Å². The highest BCUT2D eigenvalue weighted by atomic mass is 19.4. The smallest absolute Gasteiger partial charge is 0.385 e. The number of hydrogen-bond donors (Lipinski definition) is 2. The van der Waals surface area contributed by atoms with Gasteiger partial charge in [-0.15, -0.1) is 0 Å². The van der Waals surface area contributed by atoms with Crippen molar-refractivity contribution in [1.29, 1.82) is 0 Å². The Kier molecular flexibility index (Phi) is 4.80. The quantitative estimate of drug-likeness (QED) is 0.496. The minimum Gasteiger partial charge on any atom is -0.385 e. The number of benzene rings is 1. The number of aromatic amines is 1. The molecular formula is C14H10F6N2O3. The molecule has 0 bridgehead atoms. The van der Waals surface area contributed by atoms with E-state index in [1.807, 2.05) is 0 Å². The lowest BCUT2D eigenvalue weighted by molar-refractivity contribution is -0.202. The van der Waals surface area contributed by atoms with Crippen LogP contribution in [0.2, 0.25) is 0 Å². The monoisotopic (exact) mass is 368 g/mol. The molecule has 0 saturated heterocycles. The van der Waals surface area contributed by atoms with E-state index in [1.165, 1.54) is 24.3 Å². The van der Waals surface area contributed by atoms with Crippen LogP contribution >= 0.6 is 0 Å². The number of hydrogen-bond acceptors (Lipinski definition) is 4. The van der Waals surface area contributed by atoms with E-state index in [2.05, 4.69) is 9.72 Å². The molecule has 0 unspecified atom stereocenters. The zero-order valence-corrected chi connectivity index (χ0v) is 12.2. The van der Waals surface area contributed by atoms with Crippen molar-refractivity contribution in [3.8, 4) is 0 Å². The first-order valence-electron chi connectivity index (χ1n) is 6.66. The summed E-state index contributed by atoms with van der Waals surface area (Å²) in [6, 6.07) is 3.70. The van der Waals surface area contributed by atoms with Gasteiger partial charge in [0.25, 0.3) is 0 Å². The number of carbonyl (C=O) groups is 2. The minimum absolute atomic E-state index is 0.0974. The van der Waals surface area contributed by atoms with Gasteiger partial charge in [-0.2, -0.15) is 26.3 Å². The second-order valence-electron chi connectivity index (χ2n) is 5.04. The maximum absolute atomic E-state index is 13.1. The Bertz CT molecular complexity index is 809. The van der Waals surface area contributed by atoms with Crippen molar-refractivity contribution in [2.75, 3.05) is 0 Å². The van der Waals surface area contributed by atoms with Crippen molar-refractivity contribution in [1.82, 2.24) is 4.98 Å². The zero-order valence-electron chi connectivity index (χ0n) is 12.2. The van der Waals surface area contributed by atoms with Crippen LogP contribution in [-0.2, 0) is 26.9 Å². The van der Waals surface area contributed by atoms with Gasteiger partial charge in [-0.05, 0) is 11.6 Å². The van der Waals surface area contributed by atoms with Crippen LogP contribution in [0.3, 0.4) is 0 Å². The molecule has 136 valence electrons. The maximum atomic E-state index is 13.1. The van der Waals surface area contributed by atoms with Crippen molar-refractivity contribution in [3.63, 3.8) is 0 Å². The average molecular weight is 368 g/mol. The van der Waals surface area contributed by atoms with Gasteiger partial charge in [-0.3, -0.25) is 0 Å². The number of ether oxygens (including phenoxy) is 1. The standard InChI is InChI=1S/C14H10F6N2O3/c15-13(16,17)10-7(6-3-1-2-4-9(6)22-10)5-8(21)11(23)25-12(24)14(18,19)20/h1-4,8,22H,5,21H2/t8-/m0/s1. The van der Waals surface area contributed by atoms with E-state index in [0.29, 0.717) is 0 Å². The normalized spacial score (nSPS) is 13.7. The number of alkyl halides is 6. The first-order chi connectivity index (χ1) is 11.4. The van der Waals surface area contributed by atoms with E-state index in [4.69, 9.17) is 5.73 Å². The summed E-state index contributed by atoms with van der Waals surface area (Å²) >= 11 is 0. The van der Waals surface area contributed by atoms with Crippen molar-refractivity contribution in [3.05, 3.63) is 35.5 Å². The van der Waals surface area contributed by atoms with Gasteiger partial charge in [0.15, 0.2) is 0 Å². The first kappa shape index (κ1) is 18.8. The summed E-state index contributed by atoms with van der Waals surface area (Å²) in [6.07, 6.45) is -11.0. The van der Waals surface area contributed by atoms with E-state index < -0.39 is 48.0 Å². The summed E-state index contributed by atoms with van der Waals surface area (Å²) < 4.78 is 79.1. The Morgan fingerprint density at radius 3 is 2.28 bits per heavy atom. The summed E-state index contributed by atoms with van der Waals surface area (Å²) in [5.41, 5.74) is 3.84. The number of esters is 2. The molecule has 25 heavy (non-hydrogen) atoms. The summed E-state index contributed by atoms with van der Waals surface area (Å²) in [4.78, 5) is 24.2. The van der Waals surface area contributed by atoms with Gasteiger partial charge in [0.2, 0.25) is 0 Å². The molecular weight excluding hydrogens is 358 g/mol. The van der Waals surface area contributed by atoms with Crippen molar-refractivity contribution in [2.45, 2.75) is 24.8 Å². The molecule has 0 aliphatic rings. The van der Waals surface area contributed by atoms with Crippen LogP contribution in [0.1, 0.15) is 11.3 Å². The fourth-order valence-corrected chi connectivity index (χ4v) is 2.18. The number of para-hydroxylation sites is 1. The van der Waals surface area contributed by atoms with E-state index in [9.17, 15) is 35.9 Å². The Balaban J connectivity index is 2.30. The SMILES string of the molecule is N[C@@H](Cc1c(C(F)(F)F)[nH]c2ccccc12)C(=O)OC(=O)C(F)(F)F. The molecule has 0 aliphatic heterocycles. The Hall–Kier alpha value is -2.56. The van der Waals surface area contributed by atoms with Crippen LogP contribution in [0.5, 0.6) is 0 Å². The largest absolute Gasteiger partial charge is 0.491 e. The molecule has 0 fully saturated rings. The van der Waals surface area contributed by atoms with E-state index in [-0.39, 0.29) is 10.9 Å². The lowest BCUT2D eigenvalue weighted by atomic mass is 10.0. The Morgan fingerprint density at radius 1 is 1.12 bits per heavy atom. The number of halogens is 6. The predicted molar refractivity (Wildman–Crippen MR) is 72.1 cm³/mol. The molecule has 0 spiro atoms. The van der Waals surface area contributed by atoms with Gasteiger partial charge in [0, 0.05) is 17.3 Å². The molecule has 0 radical (unpaired) electrons. The number of H-pyrrole nitrogens is 1. The van der Waals surface area contributed by atoms with Crippen LogP contribution in [-0.4, -0.2) is 29.1 Å². The van der Waals surface area contributed by atoms with E-state index in [0.717, 1.165) is 0 Å². The summed E-state index contributed by atoms with van der Waals surface area (Å²) in [7, 11) is 0. The molecule has 1 aromatic heterocycles. The van der Waals surface area contributed by atoms with Gasteiger partial charge in [-0.1, -0.05) is 18.2 Å². The Morgan fingerprint density at radius 2 is 1.72 bits per heavy atom. The van der Waals surface area contributed by atoms with Crippen LogP contribution in [0, 0.1) is 0 Å². The summed E-state index contributed by atoms with van der Waals surface area (Å²) in [5, 5.41) is 0.0974. The number of nitrogens with one attached hydrogen (secondary N) is 1. The van der Waals surface area contributed by atoms with Crippen molar-refractivity contribution in [2.24, 2.45) is 5.73 Å². The van der Waals surface area contributed by atoms with Gasteiger partial charge >= 0.3 is 24.3 Å². The third kappa shape index (κ3) is 4.10. The third-order valence-corrected chi connectivity index (χ3v) is 3.25. The molecule has 0 amide bonds. The fourth-order valence-electron chi connectivity index (χ4n) is 2.18. The highest BCUT2D eigenvalue weighted by Gasteiger charge is 2.43. The lowest BCUT2D eigenvalue weighted by Crippen LogP contribution is -2.39. The summed E-state index contributed by atoms with van der Waals surface area (Å²) in [5.74, 6) is -4.57. The number of fused-ring (bicyclic) bond motifs is 1. The van der Waals surface area contributed by atoms with E-state index in [1.54, 1.807) is 0 Å². The topological polar surface area (TPSA) is 85.2 Å². The zero-order chi connectivity index (χ0) is 19.0. The second kappa shape index (κ2) is 6.39. The van der Waals surface area contributed by atoms with Crippen molar-refractivity contribution < 1.29 is 40.7 Å². The minimum atomic E-state index is -5.42. The molecule has 1 aromatic carbocycles. The van der Waals surface area contributed by atoms with Crippen LogP contribution < -0.4 is 5.73 Å². The third-order valence-electron chi connectivity index (χ3n) is 3.25. The lowest BCUT2D eigenvalue weighted by Gasteiger charge is -2.13. The van der Waals surface area contributed by atoms with Gasteiger partial charge in [0.05, 0.1) is 0 Å². The summed E-state index contributed by atoms with van der Waals surface area (Å²) in [6.45, 7) is 0. The molecule has 1 atom stereocenters. The maximum Gasteiger partial charge on any atom is 0.491 e. The average Bonchev–Trinajstić information content (AvgIpc) is 2.85. The number of rotatable bonds is 3. The molecule has 5 nitrogen and oxygen atoms in total. The fraction of sp³-hybridized carbons (Fsp3) is 0.286. The van der Waals surface area contributed by atoms with Gasteiger partial charge in [0.1, 0.15) is 11.7 Å². The molecule has 3 N–H and O–H groups in total. The number of nitrogens with two attached hydrogens (primary N) is 1. The van der Waals surface area contributed by atoms with Crippen LogP contribution in [0.4, 0.5) is 26.3 Å². The Labute approximate surface area is 135 Å². The molecule has 2 aromatic rings. The molecule has 1 heterocycles. The molecule has 0 saturated carbocycles. The number of aromatic nitrogens is 1. The second-order valence-corrected chi connectivity index (χ2v) is 5.04. The van der Waals surface area contributed by atoms with Crippen molar-refractivity contribution >= 4 is 22.8 Å². The molecule has 2 rings (SSSR count). The first-order valence-corrected chi connectivity index (χ1v) is 6.66. The van der Waals surface area contributed by atoms with E-state index >= 15 is 0 Å². The molecule has 11 heteroatoms. The predicted octanol–water partition coefficient (Wildman–Crippen LogP) is 2.69. The van der Waals surface area contributed by atoms with Crippen LogP contribution in [0.15, 0.2) is 24.3 Å². The molecule has 0 aliphatic carbocycles. The highest BCUT2D eigenvalue weighted by Crippen LogP contribution is 2.36.